The lowest BCUT2D eigenvalue weighted by Crippen LogP contribution is -2.30. The SMILES string of the molecule is CC(C)(C)c1cc(C(=O)CN2Cc3ccc(C4CC4)nc3C2=N)ccc1OCCCCC(=O)O. The molecule has 4 rings (SSSR count). The number of fused-ring (bicyclic) bond motifs is 1. The summed E-state index contributed by atoms with van der Waals surface area (Å²) in [7, 11) is 0. The number of carboxylic acid groups (broad SMARTS) is 1. The summed E-state index contributed by atoms with van der Waals surface area (Å²) in [6, 6.07) is 9.62. The van der Waals surface area contributed by atoms with Gasteiger partial charge in [0.05, 0.1) is 13.2 Å². The molecule has 1 aromatic heterocycles. The van der Waals surface area contributed by atoms with E-state index in [0.29, 0.717) is 49.0 Å². The Balaban J connectivity index is 1.43. The van der Waals surface area contributed by atoms with Crippen molar-refractivity contribution < 1.29 is 19.4 Å². The molecule has 0 saturated heterocycles. The van der Waals surface area contributed by atoms with Crippen molar-refractivity contribution >= 4 is 17.6 Å². The first-order chi connectivity index (χ1) is 16.1. The molecular formula is C27H33N3O4. The minimum Gasteiger partial charge on any atom is -0.493 e. The smallest absolute Gasteiger partial charge is 0.303 e. The third-order valence-electron chi connectivity index (χ3n) is 6.38. The maximum Gasteiger partial charge on any atom is 0.303 e. The lowest BCUT2D eigenvalue weighted by Gasteiger charge is -2.24. The van der Waals surface area contributed by atoms with Gasteiger partial charge in [-0.05, 0) is 55.4 Å². The van der Waals surface area contributed by atoms with E-state index >= 15 is 0 Å². The molecule has 0 atom stereocenters. The Morgan fingerprint density at radius 2 is 1.94 bits per heavy atom. The van der Waals surface area contributed by atoms with Gasteiger partial charge in [-0.2, -0.15) is 0 Å². The van der Waals surface area contributed by atoms with Gasteiger partial charge in [-0.3, -0.25) is 15.0 Å². The number of Topliss-reactive ketones (excluding diaryl/α,β-unsaturated/α-hetero) is 1. The molecule has 0 unspecified atom stereocenters. The van der Waals surface area contributed by atoms with E-state index in [9.17, 15) is 9.59 Å². The maximum absolute atomic E-state index is 13.2. The molecule has 34 heavy (non-hydrogen) atoms. The lowest BCUT2D eigenvalue weighted by atomic mass is 9.85. The van der Waals surface area contributed by atoms with Crippen LogP contribution in [-0.2, 0) is 16.8 Å². The molecule has 0 bridgehead atoms. The van der Waals surface area contributed by atoms with Gasteiger partial charge in [-0.15, -0.1) is 0 Å². The third-order valence-corrected chi connectivity index (χ3v) is 6.38. The van der Waals surface area contributed by atoms with Crippen molar-refractivity contribution in [2.75, 3.05) is 13.2 Å². The van der Waals surface area contributed by atoms with E-state index in [4.69, 9.17) is 20.2 Å². The number of benzene rings is 1. The molecule has 1 aliphatic heterocycles. The molecule has 1 aliphatic carbocycles. The van der Waals surface area contributed by atoms with Gasteiger partial charge < -0.3 is 14.7 Å². The first-order valence-corrected chi connectivity index (χ1v) is 12.0. The lowest BCUT2D eigenvalue weighted by molar-refractivity contribution is -0.137. The number of carboxylic acids is 1. The molecule has 0 spiro atoms. The van der Waals surface area contributed by atoms with Crippen molar-refractivity contribution in [1.29, 1.82) is 5.41 Å². The zero-order chi connectivity index (χ0) is 24.5. The van der Waals surface area contributed by atoms with Crippen LogP contribution in [0.3, 0.4) is 0 Å². The number of carbonyl (C=O) groups is 2. The van der Waals surface area contributed by atoms with E-state index < -0.39 is 5.97 Å². The van der Waals surface area contributed by atoms with Crippen molar-refractivity contribution in [2.24, 2.45) is 0 Å². The molecular weight excluding hydrogens is 430 g/mol. The number of unbranched alkanes of at least 4 members (excludes halogenated alkanes) is 1. The second kappa shape index (κ2) is 9.57. The van der Waals surface area contributed by atoms with Crippen molar-refractivity contribution in [3.8, 4) is 5.75 Å². The standard InChI is InChI=1S/C27H33N3O4/c1-27(2,3)20-14-18(10-12-23(20)34-13-5-4-6-24(32)33)22(31)16-30-15-19-9-11-21(17-7-8-17)29-25(19)26(30)28/h9-12,14,17,28H,4-8,13,15-16H2,1-3H3,(H,32,33). The highest BCUT2D eigenvalue weighted by Crippen LogP contribution is 2.40. The Morgan fingerprint density at radius 1 is 1.18 bits per heavy atom. The van der Waals surface area contributed by atoms with Gasteiger partial charge in [0.15, 0.2) is 5.78 Å². The van der Waals surface area contributed by atoms with E-state index in [0.717, 1.165) is 22.6 Å². The van der Waals surface area contributed by atoms with Gasteiger partial charge in [-0.1, -0.05) is 26.8 Å². The van der Waals surface area contributed by atoms with E-state index in [1.165, 1.54) is 12.8 Å². The van der Waals surface area contributed by atoms with Crippen molar-refractivity contribution in [2.45, 2.75) is 70.8 Å². The predicted molar refractivity (Wildman–Crippen MR) is 130 cm³/mol. The number of ether oxygens (including phenoxy) is 1. The minimum absolute atomic E-state index is 0.0431. The Bertz CT molecular complexity index is 1120. The van der Waals surface area contributed by atoms with Gasteiger partial charge in [0.2, 0.25) is 0 Å². The highest BCUT2D eigenvalue weighted by Gasteiger charge is 2.31. The number of hydrogen-bond acceptors (Lipinski definition) is 5. The van der Waals surface area contributed by atoms with Crippen LogP contribution in [0.2, 0.25) is 0 Å². The summed E-state index contributed by atoms with van der Waals surface area (Å²) in [6.45, 7) is 7.31. The molecule has 1 fully saturated rings. The van der Waals surface area contributed by atoms with Crippen molar-refractivity contribution in [3.05, 3.63) is 58.4 Å². The summed E-state index contributed by atoms with van der Waals surface area (Å²) >= 11 is 0. The molecule has 2 aliphatic rings. The quantitative estimate of drug-likeness (QED) is 0.383. The highest BCUT2D eigenvalue weighted by atomic mass is 16.5. The molecule has 180 valence electrons. The number of hydrogen-bond donors (Lipinski definition) is 2. The largest absolute Gasteiger partial charge is 0.493 e. The van der Waals surface area contributed by atoms with Crippen LogP contribution in [0.15, 0.2) is 30.3 Å². The fraction of sp³-hybridized carbons (Fsp3) is 0.481. The van der Waals surface area contributed by atoms with Crippen LogP contribution in [0.25, 0.3) is 0 Å². The Kier molecular flexibility index (Phi) is 6.73. The van der Waals surface area contributed by atoms with E-state index in [1.54, 1.807) is 11.0 Å². The van der Waals surface area contributed by atoms with Gasteiger partial charge in [0.1, 0.15) is 17.3 Å². The average molecular weight is 464 g/mol. The third kappa shape index (κ3) is 5.46. The molecule has 7 nitrogen and oxygen atoms in total. The number of pyridine rings is 1. The topological polar surface area (TPSA) is 104 Å². The fourth-order valence-electron chi connectivity index (χ4n) is 4.25. The van der Waals surface area contributed by atoms with Gasteiger partial charge in [0.25, 0.3) is 0 Å². The molecule has 0 amide bonds. The Labute approximate surface area is 200 Å². The number of aromatic nitrogens is 1. The number of nitrogens with zero attached hydrogens (tertiary/aromatic N) is 2. The second-order valence-electron chi connectivity index (χ2n) is 10.3. The van der Waals surface area contributed by atoms with Gasteiger partial charge >= 0.3 is 5.97 Å². The van der Waals surface area contributed by atoms with Crippen LogP contribution in [0.4, 0.5) is 0 Å². The summed E-state index contributed by atoms with van der Waals surface area (Å²) in [5, 5.41) is 17.3. The fourth-order valence-corrected chi connectivity index (χ4v) is 4.25. The summed E-state index contributed by atoms with van der Waals surface area (Å²) in [6.07, 6.45) is 3.69. The summed E-state index contributed by atoms with van der Waals surface area (Å²) in [5.74, 6) is 0.730. The van der Waals surface area contributed by atoms with Crippen molar-refractivity contribution in [3.63, 3.8) is 0 Å². The Morgan fingerprint density at radius 3 is 2.62 bits per heavy atom. The van der Waals surface area contributed by atoms with Crippen LogP contribution in [0, 0.1) is 5.41 Å². The van der Waals surface area contributed by atoms with E-state index in [2.05, 4.69) is 32.9 Å². The van der Waals surface area contributed by atoms with Crippen LogP contribution < -0.4 is 4.74 Å². The average Bonchev–Trinajstić information content (AvgIpc) is 3.58. The predicted octanol–water partition coefficient (Wildman–Crippen LogP) is 4.91. The number of aliphatic carboxylic acids is 1. The molecule has 7 heteroatoms. The van der Waals surface area contributed by atoms with Gasteiger partial charge in [0, 0.05) is 41.3 Å². The molecule has 1 aromatic carbocycles. The van der Waals surface area contributed by atoms with Crippen LogP contribution >= 0.6 is 0 Å². The first kappa shape index (κ1) is 23.9. The van der Waals surface area contributed by atoms with Crippen LogP contribution in [0.5, 0.6) is 5.75 Å². The highest BCUT2D eigenvalue weighted by molar-refractivity contribution is 6.04. The number of ketones is 1. The van der Waals surface area contributed by atoms with Crippen LogP contribution in [-0.4, -0.2) is 45.7 Å². The summed E-state index contributed by atoms with van der Waals surface area (Å²) in [4.78, 5) is 30.4. The number of rotatable bonds is 10. The number of nitrogens with one attached hydrogen (secondary N) is 1. The van der Waals surface area contributed by atoms with Gasteiger partial charge in [-0.25, -0.2) is 4.98 Å². The van der Waals surface area contributed by atoms with E-state index in [-0.39, 0.29) is 24.2 Å². The maximum atomic E-state index is 13.2. The summed E-state index contributed by atoms with van der Waals surface area (Å²) in [5.41, 5.74) is 4.08. The zero-order valence-electron chi connectivity index (χ0n) is 20.2. The monoisotopic (exact) mass is 463 g/mol. The first-order valence-electron chi connectivity index (χ1n) is 12.0. The van der Waals surface area contributed by atoms with Crippen molar-refractivity contribution in [1.82, 2.24) is 9.88 Å². The van der Waals surface area contributed by atoms with Crippen LogP contribution in [0.1, 0.15) is 91.7 Å². The number of carbonyl (C=O) groups excluding carboxylic acids is 1. The zero-order valence-corrected chi connectivity index (χ0v) is 20.2. The second-order valence-corrected chi connectivity index (χ2v) is 10.3. The molecule has 1 saturated carbocycles. The van der Waals surface area contributed by atoms with E-state index in [1.807, 2.05) is 12.1 Å². The molecule has 2 heterocycles. The minimum atomic E-state index is -0.799. The molecule has 0 radical (unpaired) electrons. The molecule has 2 aromatic rings. The Hall–Kier alpha value is -3.22. The normalized spacial score (nSPS) is 15.4. The number of amidine groups is 1. The molecule has 2 N–H and O–H groups in total. The summed E-state index contributed by atoms with van der Waals surface area (Å²) < 4.78 is 5.95.